The van der Waals surface area contributed by atoms with Crippen molar-refractivity contribution in [2.75, 3.05) is 14.2 Å². The second-order valence-electron chi connectivity index (χ2n) is 3.26. The molecule has 0 saturated carbocycles. The number of ether oxygens (including phenoxy) is 1. The molecule has 86 valence electrons. The van der Waals surface area contributed by atoms with Crippen molar-refractivity contribution in [2.45, 2.75) is 0 Å². The summed E-state index contributed by atoms with van der Waals surface area (Å²) in [5, 5.41) is 1.19. The van der Waals surface area contributed by atoms with Crippen LogP contribution in [0, 0.1) is 0 Å². The highest BCUT2D eigenvalue weighted by molar-refractivity contribution is 5.86. The molecule has 1 rings (SSSR count). The third-order valence-electron chi connectivity index (χ3n) is 2.17. The summed E-state index contributed by atoms with van der Waals surface area (Å²) in [6.07, 6.45) is 0.625. The van der Waals surface area contributed by atoms with Crippen molar-refractivity contribution >= 4 is 12.0 Å². The van der Waals surface area contributed by atoms with Crippen molar-refractivity contribution in [1.29, 1.82) is 0 Å². The van der Waals surface area contributed by atoms with Gasteiger partial charge in [0.15, 0.2) is 6.29 Å². The lowest BCUT2D eigenvalue weighted by atomic mass is 10.1. The molecule has 0 aromatic heterocycles. The van der Waals surface area contributed by atoms with Crippen molar-refractivity contribution in [1.82, 2.24) is 5.01 Å². The van der Waals surface area contributed by atoms with E-state index < -0.39 is 0 Å². The van der Waals surface area contributed by atoms with E-state index in [1.165, 1.54) is 5.01 Å². The Bertz CT molecular complexity index is 396. The van der Waals surface area contributed by atoms with Gasteiger partial charge in [0.25, 0.3) is 0 Å². The van der Waals surface area contributed by atoms with Gasteiger partial charge >= 0.3 is 0 Å². The van der Waals surface area contributed by atoms with Gasteiger partial charge in [0, 0.05) is 7.05 Å². The molecule has 0 fully saturated rings. The van der Waals surface area contributed by atoms with Crippen LogP contribution in [0.4, 0.5) is 0 Å². The van der Waals surface area contributed by atoms with E-state index in [-0.39, 0.29) is 5.70 Å². The maximum Gasteiger partial charge on any atom is 0.169 e. The number of hydrogen-bond donors (Lipinski definition) is 2. The molecule has 0 aliphatic heterocycles. The van der Waals surface area contributed by atoms with Crippen LogP contribution in [-0.2, 0) is 4.79 Å². The molecule has 0 spiro atoms. The second kappa shape index (κ2) is 5.18. The number of hydrazine groups is 1. The van der Waals surface area contributed by atoms with E-state index in [1.807, 2.05) is 0 Å². The molecule has 16 heavy (non-hydrogen) atoms. The lowest BCUT2D eigenvalue weighted by Gasteiger charge is -2.14. The number of likely N-dealkylation sites (N-methyl/N-ethyl adjacent to an activating group) is 1. The summed E-state index contributed by atoms with van der Waals surface area (Å²) in [6.45, 7) is 0. The summed E-state index contributed by atoms with van der Waals surface area (Å²) >= 11 is 0. The summed E-state index contributed by atoms with van der Waals surface area (Å²) in [4.78, 5) is 10.8. The Hall–Kier alpha value is -2.01. The number of methoxy groups -OCH3 is 1. The quantitative estimate of drug-likeness (QED) is 0.331. The van der Waals surface area contributed by atoms with Gasteiger partial charge in [0.1, 0.15) is 11.4 Å². The number of nitrogens with two attached hydrogens (primary N) is 2. The molecular formula is C11H15N3O2. The summed E-state index contributed by atoms with van der Waals surface area (Å²) in [7, 11) is 3.14. The zero-order valence-corrected chi connectivity index (χ0v) is 9.31. The van der Waals surface area contributed by atoms with Crippen molar-refractivity contribution in [2.24, 2.45) is 11.6 Å². The molecule has 0 heterocycles. The lowest BCUT2D eigenvalue weighted by molar-refractivity contribution is -0.106. The van der Waals surface area contributed by atoms with Gasteiger partial charge in [-0.2, -0.15) is 0 Å². The standard InChI is InChI=1S/C11H15N3O2/c1-14(13)10(7-15)11(12)8-3-5-9(16-2)6-4-8/h3-7H,12-13H2,1-2H3/b11-10-. The average molecular weight is 221 g/mol. The van der Waals surface area contributed by atoms with Gasteiger partial charge in [-0.15, -0.1) is 0 Å². The Kier molecular flexibility index (Phi) is 3.90. The molecule has 0 aliphatic carbocycles. The van der Waals surface area contributed by atoms with Gasteiger partial charge in [-0.3, -0.25) is 4.79 Å². The van der Waals surface area contributed by atoms with Gasteiger partial charge in [0.05, 0.1) is 12.8 Å². The Labute approximate surface area is 94.3 Å². The highest BCUT2D eigenvalue weighted by Crippen LogP contribution is 2.17. The number of allylic oxidation sites excluding steroid dienone is 1. The Balaban J connectivity index is 3.11. The molecule has 0 atom stereocenters. The molecular weight excluding hydrogens is 206 g/mol. The fraction of sp³-hybridized carbons (Fsp3) is 0.182. The maximum atomic E-state index is 10.8. The normalized spacial score (nSPS) is 11.7. The average Bonchev–Trinajstić information content (AvgIpc) is 2.29. The van der Waals surface area contributed by atoms with Crippen molar-refractivity contribution in [3.63, 3.8) is 0 Å². The zero-order chi connectivity index (χ0) is 12.1. The fourth-order valence-corrected chi connectivity index (χ4v) is 1.26. The van der Waals surface area contributed by atoms with E-state index in [0.717, 1.165) is 11.3 Å². The number of rotatable bonds is 4. The van der Waals surface area contributed by atoms with Crippen LogP contribution < -0.4 is 16.3 Å². The van der Waals surface area contributed by atoms with Crippen LogP contribution in [0.5, 0.6) is 5.75 Å². The molecule has 0 amide bonds. The predicted molar refractivity (Wildman–Crippen MR) is 62.1 cm³/mol. The van der Waals surface area contributed by atoms with Crippen molar-refractivity contribution in [3.05, 3.63) is 35.5 Å². The minimum absolute atomic E-state index is 0.241. The Morgan fingerprint density at radius 2 is 1.94 bits per heavy atom. The second-order valence-corrected chi connectivity index (χ2v) is 3.26. The summed E-state index contributed by atoms with van der Waals surface area (Å²) in [5.41, 5.74) is 7.13. The van der Waals surface area contributed by atoms with Gasteiger partial charge in [-0.05, 0) is 29.8 Å². The summed E-state index contributed by atoms with van der Waals surface area (Å²) in [5.74, 6) is 6.21. The number of hydrogen-bond acceptors (Lipinski definition) is 5. The van der Waals surface area contributed by atoms with Gasteiger partial charge in [-0.1, -0.05) is 0 Å². The largest absolute Gasteiger partial charge is 0.497 e. The summed E-state index contributed by atoms with van der Waals surface area (Å²) in [6, 6.07) is 7.06. The molecule has 5 heteroatoms. The SMILES string of the molecule is COc1ccc(/C(N)=C(\C=O)N(C)N)cc1. The molecule has 0 saturated heterocycles. The Morgan fingerprint density at radius 3 is 2.31 bits per heavy atom. The molecule has 0 unspecified atom stereocenters. The molecule has 4 N–H and O–H groups in total. The smallest absolute Gasteiger partial charge is 0.169 e. The molecule has 1 aromatic rings. The Morgan fingerprint density at radius 1 is 1.38 bits per heavy atom. The molecule has 0 bridgehead atoms. The van der Waals surface area contributed by atoms with Gasteiger partial charge in [-0.25, -0.2) is 5.84 Å². The third-order valence-corrected chi connectivity index (χ3v) is 2.17. The minimum Gasteiger partial charge on any atom is -0.497 e. The first-order valence-corrected chi connectivity index (χ1v) is 4.68. The van der Waals surface area contributed by atoms with E-state index in [0.29, 0.717) is 12.0 Å². The number of carbonyl (C=O) groups excluding carboxylic acids is 1. The lowest BCUT2D eigenvalue weighted by Crippen LogP contribution is -2.28. The van der Waals surface area contributed by atoms with E-state index in [2.05, 4.69) is 0 Å². The van der Waals surface area contributed by atoms with Gasteiger partial charge < -0.3 is 15.5 Å². The van der Waals surface area contributed by atoms with Crippen LogP contribution in [0.2, 0.25) is 0 Å². The van der Waals surface area contributed by atoms with Crippen LogP contribution in [0.1, 0.15) is 5.56 Å². The maximum absolute atomic E-state index is 10.8. The van der Waals surface area contributed by atoms with Crippen molar-refractivity contribution in [3.8, 4) is 5.75 Å². The van der Waals surface area contributed by atoms with Crippen LogP contribution >= 0.6 is 0 Å². The van der Waals surface area contributed by atoms with Crippen LogP contribution in [0.3, 0.4) is 0 Å². The number of carbonyl (C=O) groups is 1. The highest BCUT2D eigenvalue weighted by atomic mass is 16.5. The molecule has 1 aromatic carbocycles. The number of nitrogens with zero attached hydrogens (tertiary/aromatic N) is 1. The van der Waals surface area contributed by atoms with E-state index in [1.54, 1.807) is 38.4 Å². The van der Waals surface area contributed by atoms with E-state index in [4.69, 9.17) is 16.3 Å². The fourth-order valence-electron chi connectivity index (χ4n) is 1.26. The monoisotopic (exact) mass is 221 g/mol. The van der Waals surface area contributed by atoms with Crippen LogP contribution in [0.25, 0.3) is 5.70 Å². The first-order chi connectivity index (χ1) is 7.60. The first kappa shape index (κ1) is 12.1. The summed E-state index contributed by atoms with van der Waals surface area (Å²) < 4.78 is 5.02. The van der Waals surface area contributed by atoms with E-state index in [9.17, 15) is 4.79 Å². The van der Waals surface area contributed by atoms with Crippen molar-refractivity contribution < 1.29 is 9.53 Å². The molecule has 5 nitrogen and oxygen atoms in total. The molecule has 0 radical (unpaired) electrons. The molecule has 0 aliphatic rings. The number of aldehydes is 1. The first-order valence-electron chi connectivity index (χ1n) is 4.68. The minimum atomic E-state index is 0.241. The number of benzene rings is 1. The highest BCUT2D eigenvalue weighted by Gasteiger charge is 2.07. The van der Waals surface area contributed by atoms with Gasteiger partial charge in [0.2, 0.25) is 0 Å². The van der Waals surface area contributed by atoms with Crippen LogP contribution in [-0.4, -0.2) is 25.5 Å². The third kappa shape index (κ3) is 2.52. The predicted octanol–water partition coefficient (Wildman–Crippen LogP) is 0.327. The van der Waals surface area contributed by atoms with E-state index >= 15 is 0 Å². The topological polar surface area (TPSA) is 81.6 Å². The van der Waals surface area contributed by atoms with Crippen LogP contribution in [0.15, 0.2) is 30.0 Å². The zero-order valence-electron chi connectivity index (χ0n) is 9.31.